The Bertz CT molecular complexity index is 409. The van der Waals surface area contributed by atoms with E-state index in [2.05, 4.69) is 22.5 Å². The van der Waals surface area contributed by atoms with E-state index < -0.39 is 0 Å². The quantitative estimate of drug-likeness (QED) is 0.875. The van der Waals surface area contributed by atoms with E-state index in [1.165, 1.54) is 32.1 Å². The highest BCUT2D eigenvalue weighted by Crippen LogP contribution is 2.26. The molecule has 2 N–H and O–H groups in total. The fourth-order valence-corrected chi connectivity index (χ4v) is 2.74. The minimum Gasteiger partial charge on any atom is -0.337 e. The molecular weight excluding hydrogens is 240 g/mol. The smallest absolute Gasteiger partial charge is 0.315 e. The second kappa shape index (κ2) is 6.59. The molecule has 1 fully saturated rings. The molecule has 0 unspecified atom stereocenters. The lowest BCUT2D eigenvalue weighted by Gasteiger charge is -2.28. The standard InChI is InChI=1S/C14H24N4O/c1-11(12-6-4-3-5-7-12)17-14(19)16-10-13-15-8-9-18(13)2/h8-9,11-12H,3-7,10H2,1-2H3,(H2,16,17,19)/t11-/m1/s1. The highest BCUT2D eigenvalue weighted by atomic mass is 16.2. The topological polar surface area (TPSA) is 59.0 Å². The Balaban J connectivity index is 1.73. The lowest BCUT2D eigenvalue weighted by Crippen LogP contribution is -2.44. The first-order valence-electron chi connectivity index (χ1n) is 7.17. The summed E-state index contributed by atoms with van der Waals surface area (Å²) in [4.78, 5) is 16.0. The second-order valence-corrected chi connectivity index (χ2v) is 5.47. The minimum absolute atomic E-state index is 0.0962. The summed E-state index contributed by atoms with van der Waals surface area (Å²) in [6, 6.07) is 0.155. The van der Waals surface area contributed by atoms with E-state index in [1.54, 1.807) is 6.20 Å². The highest BCUT2D eigenvalue weighted by molar-refractivity contribution is 5.74. The van der Waals surface area contributed by atoms with Crippen LogP contribution in [0.25, 0.3) is 0 Å². The molecule has 0 bridgehead atoms. The van der Waals surface area contributed by atoms with Crippen LogP contribution >= 0.6 is 0 Å². The van der Waals surface area contributed by atoms with Crippen LogP contribution in [0.2, 0.25) is 0 Å². The molecule has 1 aromatic heterocycles. The van der Waals surface area contributed by atoms with E-state index in [0.717, 1.165) is 5.82 Å². The summed E-state index contributed by atoms with van der Waals surface area (Å²) in [5.41, 5.74) is 0. The third-order valence-electron chi connectivity index (χ3n) is 4.04. The maximum Gasteiger partial charge on any atom is 0.315 e. The molecule has 1 aromatic rings. The summed E-state index contributed by atoms with van der Waals surface area (Å²) in [5.74, 6) is 1.49. The molecule has 5 heteroatoms. The predicted molar refractivity (Wildman–Crippen MR) is 74.6 cm³/mol. The minimum atomic E-state index is -0.0962. The van der Waals surface area contributed by atoms with Gasteiger partial charge in [-0.3, -0.25) is 0 Å². The molecule has 2 amide bonds. The van der Waals surface area contributed by atoms with Crippen molar-refractivity contribution in [2.45, 2.75) is 51.6 Å². The lowest BCUT2D eigenvalue weighted by atomic mass is 9.85. The summed E-state index contributed by atoms with van der Waals surface area (Å²) in [7, 11) is 1.92. The maximum atomic E-state index is 11.8. The van der Waals surface area contributed by atoms with Crippen LogP contribution in [0.15, 0.2) is 12.4 Å². The van der Waals surface area contributed by atoms with Crippen LogP contribution in [0, 0.1) is 5.92 Å². The van der Waals surface area contributed by atoms with Crippen molar-refractivity contribution >= 4 is 6.03 Å². The molecule has 0 radical (unpaired) electrons. The van der Waals surface area contributed by atoms with Crippen LogP contribution in [0.3, 0.4) is 0 Å². The van der Waals surface area contributed by atoms with Crippen molar-refractivity contribution in [3.63, 3.8) is 0 Å². The van der Waals surface area contributed by atoms with Gasteiger partial charge < -0.3 is 15.2 Å². The maximum absolute atomic E-state index is 11.8. The van der Waals surface area contributed by atoms with Gasteiger partial charge in [0.25, 0.3) is 0 Å². The molecule has 0 saturated heterocycles. The Kier molecular flexibility index (Phi) is 4.82. The van der Waals surface area contributed by atoms with Crippen molar-refractivity contribution < 1.29 is 4.79 Å². The summed E-state index contributed by atoms with van der Waals surface area (Å²) in [6.07, 6.45) is 10.0. The van der Waals surface area contributed by atoms with Crippen LogP contribution in [0.4, 0.5) is 4.79 Å². The average Bonchev–Trinajstić information content (AvgIpc) is 2.83. The fourth-order valence-electron chi connectivity index (χ4n) is 2.74. The van der Waals surface area contributed by atoms with Gasteiger partial charge in [0.05, 0.1) is 6.54 Å². The van der Waals surface area contributed by atoms with Crippen molar-refractivity contribution in [2.75, 3.05) is 0 Å². The molecule has 0 aromatic carbocycles. The van der Waals surface area contributed by atoms with Crippen molar-refractivity contribution in [3.8, 4) is 0 Å². The van der Waals surface area contributed by atoms with Gasteiger partial charge in [0, 0.05) is 25.5 Å². The molecule has 5 nitrogen and oxygen atoms in total. The number of hydrogen-bond acceptors (Lipinski definition) is 2. The average molecular weight is 264 g/mol. The number of carbonyl (C=O) groups excluding carboxylic acids is 1. The number of hydrogen-bond donors (Lipinski definition) is 2. The molecule has 1 heterocycles. The largest absolute Gasteiger partial charge is 0.337 e. The van der Waals surface area contributed by atoms with Crippen molar-refractivity contribution in [1.82, 2.24) is 20.2 Å². The fraction of sp³-hybridized carbons (Fsp3) is 0.714. The van der Waals surface area contributed by atoms with Gasteiger partial charge in [0.1, 0.15) is 5.82 Å². The van der Waals surface area contributed by atoms with E-state index in [4.69, 9.17) is 0 Å². The highest BCUT2D eigenvalue weighted by Gasteiger charge is 2.21. The number of urea groups is 1. The molecule has 1 aliphatic carbocycles. The summed E-state index contributed by atoms with van der Waals surface area (Å²) in [6.45, 7) is 2.57. The number of aromatic nitrogens is 2. The Labute approximate surface area is 114 Å². The first-order chi connectivity index (χ1) is 9.16. The molecule has 0 aliphatic heterocycles. The van der Waals surface area contributed by atoms with Crippen LogP contribution < -0.4 is 10.6 Å². The zero-order valence-electron chi connectivity index (χ0n) is 11.9. The van der Waals surface area contributed by atoms with Gasteiger partial charge in [-0.1, -0.05) is 19.3 Å². The summed E-state index contributed by atoms with van der Waals surface area (Å²) >= 11 is 0. The van der Waals surface area contributed by atoms with Crippen LogP contribution in [0.5, 0.6) is 0 Å². The van der Waals surface area contributed by atoms with E-state index in [0.29, 0.717) is 12.5 Å². The SMILES string of the molecule is C[C@@H](NC(=O)NCc1nccn1C)C1CCCCC1. The lowest BCUT2D eigenvalue weighted by molar-refractivity contribution is 0.224. The molecule has 19 heavy (non-hydrogen) atoms. The van der Waals surface area contributed by atoms with Crippen LogP contribution in [-0.4, -0.2) is 21.6 Å². The third-order valence-corrected chi connectivity index (χ3v) is 4.04. The summed E-state index contributed by atoms with van der Waals surface area (Å²) in [5, 5.41) is 5.91. The number of nitrogens with one attached hydrogen (secondary N) is 2. The van der Waals surface area contributed by atoms with Gasteiger partial charge in [-0.2, -0.15) is 0 Å². The molecule has 1 saturated carbocycles. The van der Waals surface area contributed by atoms with Crippen molar-refractivity contribution in [2.24, 2.45) is 13.0 Å². The Morgan fingerprint density at radius 2 is 2.21 bits per heavy atom. The molecule has 1 atom stereocenters. The van der Waals surface area contributed by atoms with E-state index in [9.17, 15) is 4.79 Å². The molecule has 2 rings (SSSR count). The normalized spacial score (nSPS) is 18.0. The number of carbonyl (C=O) groups is 1. The van der Waals surface area contributed by atoms with Crippen LogP contribution in [0.1, 0.15) is 44.9 Å². The van der Waals surface area contributed by atoms with Crippen molar-refractivity contribution in [1.29, 1.82) is 0 Å². The monoisotopic (exact) mass is 264 g/mol. The van der Waals surface area contributed by atoms with E-state index >= 15 is 0 Å². The molecular formula is C14H24N4O. The summed E-state index contributed by atoms with van der Waals surface area (Å²) < 4.78 is 1.91. The number of nitrogens with zero attached hydrogens (tertiary/aromatic N) is 2. The first kappa shape index (κ1) is 13.9. The Morgan fingerprint density at radius 1 is 1.47 bits per heavy atom. The number of rotatable bonds is 4. The molecule has 0 spiro atoms. The zero-order chi connectivity index (χ0) is 13.7. The number of aryl methyl sites for hydroxylation is 1. The number of amides is 2. The Hall–Kier alpha value is -1.52. The predicted octanol–water partition coefficient (Wildman–Crippen LogP) is 2.19. The van der Waals surface area contributed by atoms with Gasteiger partial charge in [0.2, 0.25) is 0 Å². The van der Waals surface area contributed by atoms with Gasteiger partial charge in [-0.15, -0.1) is 0 Å². The van der Waals surface area contributed by atoms with Gasteiger partial charge in [-0.05, 0) is 25.7 Å². The van der Waals surface area contributed by atoms with Gasteiger partial charge in [-0.25, -0.2) is 9.78 Å². The first-order valence-corrected chi connectivity index (χ1v) is 7.17. The van der Waals surface area contributed by atoms with Gasteiger partial charge in [0.15, 0.2) is 0 Å². The van der Waals surface area contributed by atoms with Gasteiger partial charge >= 0.3 is 6.03 Å². The van der Waals surface area contributed by atoms with E-state index in [-0.39, 0.29) is 12.1 Å². The van der Waals surface area contributed by atoms with Crippen molar-refractivity contribution in [3.05, 3.63) is 18.2 Å². The second-order valence-electron chi connectivity index (χ2n) is 5.47. The Morgan fingerprint density at radius 3 is 2.84 bits per heavy atom. The zero-order valence-corrected chi connectivity index (χ0v) is 11.9. The molecule has 1 aliphatic rings. The van der Waals surface area contributed by atoms with Crippen LogP contribution in [-0.2, 0) is 13.6 Å². The molecule has 106 valence electrons. The van der Waals surface area contributed by atoms with E-state index in [1.807, 2.05) is 17.8 Å². The third kappa shape index (κ3) is 3.98. The number of imidazole rings is 1.